The molecule has 1 N–H and O–H groups in total. The Kier molecular flexibility index (Phi) is 7.67. The Balaban J connectivity index is 2.39. The lowest BCUT2D eigenvalue weighted by atomic mass is 10.3. The van der Waals surface area contributed by atoms with Gasteiger partial charge in [0.25, 0.3) is 0 Å². The van der Waals surface area contributed by atoms with Crippen LogP contribution in [0, 0.1) is 0 Å². The van der Waals surface area contributed by atoms with Crippen molar-refractivity contribution in [2.45, 2.75) is 16.6 Å². The van der Waals surface area contributed by atoms with Crippen molar-refractivity contribution in [1.29, 1.82) is 0 Å². The van der Waals surface area contributed by atoms with Gasteiger partial charge in [-0.25, -0.2) is 4.79 Å². The minimum Gasteiger partial charge on any atom is -0.410 e. The Morgan fingerprint density at radius 3 is 2.56 bits per heavy atom. The second kappa shape index (κ2) is 8.45. The van der Waals surface area contributed by atoms with Crippen LogP contribution in [0.5, 0.6) is 5.75 Å². The van der Waals surface area contributed by atoms with Gasteiger partial charge in [0.15, 0.2) is 0 Å². The molecule has 0 spiro atoms. The quantitative estimate of drug-likeness (QED) is 0.389. The molecule has 100 valence electrons. The summed E-state index contributed by atoms with van der Waals surface area (Å²) >= 11 is 14.4. The van der Waals surface area contributed by atoms with Crippen molar-refractivity contribution < 1.29 is 9.53 Å². The molecule has 0 aromatic heterocycles. The molecule has 2 atom stereocenters. The highest BCUT2D eigenvalue weighted by molar-refractivity contribution is 9.12. The van der Waals surface area contributed by atoms with Crippen molar-refractivity contribution in [3.63, 3.8) is 0 Å². The summed E-state index contributed by atoms with van der Waals surface area (Å²) in [6.45, 7) is 0. The van der Waals surface area contributed by atoms with E-state index in [1.54, 1.807) is 24.3 Å². The first-order valence-corrected chi connectivity index (χ1v) is 8.48. The maximum Gasteiger partial charge on any atom is 0.413 e. The van der Waals surface area contributed by atoms with Crippen LogP contribution in [0.3, 0.4) is 0 Å². The summed E-state index contributed by atoms with van der Waals surface area (Å²) in [5.74, 6) is 0.493. The van der Waals surface area contributed by atoms with Gasteiger partial charge in [-0.3, -0.25) is 0 Å². The molecule has 7 heteroatoms. The minimum absolute atomic E-state index is 0.255. The number of hydrogen-bond donors (Lipinski definition) is 2. The molecule has 0 radical (unpaired) electrons. The van der Waals surface area contributed by atoms with E-state index in [2.05, 4.69) is 65.7 Å². The number of hydrogen-bond acceptors (Lipinski definition) is 3. The summed E-state index contributed by atoms with van der Waals surface area (Å²) in [5, 5.41) is 3.19. The molecular weight excluding hydrogens is 450 g/mol. The molecule has 0 saturated heterocycles. The highest BCUT2D eigenvalue weighted by Gasteiger charge is 2.13. The van der Waals surface area contributed by atoms with E-state index < -0.39 is 6.09 Å². The van der Waals surface area contributed by atoms with Gasteiger partial charge in [0, 0.05) is 14.6 Å². The van der Waals surface area contributed by atoms with Gasteiger partial charge in [0.2, 0.25) is 0 Å². The van der Waals surface area contributed by atoms with Gasteiger partial charge >= 0.3 is 6.09 Å². The van der Waals surface area contributed by atoms with E-state index in [1.165, 1.54) is 0 Å². The van der Waals surface area contributed by atoms with Crippen molar-refractivity contribution in [2.75, 3.05) is 5.33 Å². The van der Waals surface area contributed by atoms with Crippen LogP contribution in [0.15, 0.2) is 28.7 Å². The molecule has 1 rings (SSSR count). The number of carbonyl (C=O) groups excluding carboxylic acids is 1. The fraction of sp³-hybridized carbons (Fsp3) is 0.364. The Morgan fingerprint density at radius 1 is 1.39 bits per heavy atom. The average molecular weight is 462 g/mol. The maximum absolute atomic E-state index is 11.6. The number of amides is 1. The Morgan fingerprint density at radius 2 is 2.00 bits per heavy atom. The van der Waals surface area contributed by atoms with Crippen LogP contribution >= 0.6 is 60.4 Å². The van der Waals surface area contributed by atoms with Crippen molar-refractivity contribution in [3.05, 3.63) is 28.7 Å². The summed E-state index contributed by atoms with van der Waals surface area (Å²) in [7, 11) is 0. The van der Waals surface area contributed by atoms with Gasteiger partial charge in [-0.15, -0.1) is 0 Å². The first kappa shape index (κ1) is 16.3. The van der Waals surface area contributed by atoms with E-state index in [0.717, 1.165) is 9.80 Å². The fourth-order valence-electron chi connectivity index (χ4n) is 1.14. The van der Waals surface area contributed by atoms with E-state index in [-0.39, 0.29) is 10.2 Å². The normalized spacial score (nSPS) is 13.8. The maximum atomic E-state index is 11.6. The van der Waals surface area contributed by atoms with Crippen LogP contribution in [0.2, 0.25) is 0 Å². The molecule has 1 aromatic carbocycles. The van der Waals surface area contributed by atoms with Crippen LogP contribution in [0.1, 0.15) is 6.42 Å². The van der Waals surface area contributed by atoms with Crippen LogP contribution in [0.4, 0.5) is 4.79 Å². The van der Waals surface area contributed by atoms with E-state index in [4.69, 9.17) is 4.74 Å². The lowest BCUT2D eigenvalue weighted by Crippen LogP contribution is -2.35. The lowest BCUT2D eigenvalue weighted by Gasteiger charge is -2.15. The topological polar surface area (TPSA) is 38.3 Å². The molecule has 0 aliphatic heterocycles. The predicted molar refractivity (Wildman–Crippen MR) is 87.2 cm³/mol. The SMILES string of the molecule is O=C(NC(S)CC(Br)CBr)Oc1ccc(Br)cc1. The molecule has 0 fully saturated rings. The summed E-state index contributed by atoms with van der Waals surface area (Å²) < 4.78 is 6.04. The van der Waals surface area contributed by atoms with Gasteiger partial charge in [-0.1, -0.05) is 47.8 Å². The summed E-state index contributed by atoms with van der Waals surface area (Å²) in [6.07, 6.45) is 0.190. The van der Waals surface area contributed by atoms with E-state index >= 15 is 0 Å². The zero-order valence-corrected chi connectivity index (χ0v) is 14.9. The molecular formula is C11H12Br3NO2S. The third kappa shape index (κ3) is 6.45. The van der Waals surface area contributed by atoms with Gasteiger partial charge in [-0.2, -0.15) is 12.6 Å². The molecule has 0 aliphatic carbocycles. The van der Waals surface area contributed by atoms with E-state index in [0.29, 0.717) is 12.2 Å². The highest BCUT2D eigenvalue weighted by Crippen LogP contribution is 2.17. The van der Waals surface area contributed by atoms with E-state index in [1.807, 2.05) is 0 Å². The van der Waals surface area contributed by atoms with E-state index in [9.17, 15) is 4.79 Å². The predicted octanol–water partition coefficient (Wildman–Crippen LogP) is 4.34. The third-order valence-electron chi connectivity index (χ3n) is 1.96. The van der Waals surface area contributed by atoms with Crippen molar-refractivity contribution in [2.24, 2.45) is 0 Å². The number of carbonyl (C=O) groups is 1. The molecule has 0 bridgehead atoms. The number of ether oxygens (including phenoxy) is 1. The summed E-state index contributed by atoms with van der Waals surface area (Å²) in [5.41, 5.74) is 0. The Bertz CT molecular complexity index is 388. The zero-order valence-electron chi connectivity index (χ0n) is 9.28. The summed E-state index contributed by atoms with van der Waals surface area (Å²) in [4.78, 5) is 11.8. The smallest absolute Gasteiger partial charge is 0.410 e. The van der Waals surface area contributed by atoms with Gasteiger partial charge in [0.05, 0.1) is 5.37 Å². The average Bonchev–Trinajstić information content (AvgIpc) is 2.31. The van der Waals surface area contributed by atoms with Gasteiger partial charge in [-0.05, 0) is 30.7 Å². The number of halogens is 3. The molecule has 2 unspecified atom stereocenters. The van der Waals surface area contributed by atoms with Crippen LogP contribution in [-0.2, 0) is 0 Å². The Labute approximate surface area is 137 Å². The minimum atomic E-state index is -0.508. The molecule has 0 saturated carbocycles. The monoisotopic (exact) mass is 459 g/mol. The second-order valence-corrected chi connectivity index (χ2v) is 6.97. The molecule has 18 heavy (non-hydrogen) atoms. The molecule has 1 amide bonds. The molecule has 0 aliphatic rings. The molecule has 0 heterocycles. The molecule has 3 nitrogen and oxygen atoms in total. The number of thiol groups is 1. The van der Waals surface area contributed by atoms with Crippen LogP contribution < -0.4 is 10.1 Å². The third-order valence-corrected chi connectivity index (χ3v) is 5.17. The summed E-state index contributed by atoms with van der Waals surface area (Å²) in [6, 6.07) is 7.03. The number of nitrogens with one attached hydrogen (secondary N) is 1. The largest absolute Gasteiger partial charge is 0.413 e. The zero-order chi connectivity index (χ0) is 13.5. The first-order chi connectivity index (χ1) is 8.51. The second-order valence-electron chi connectivity index (χ2n) is 3.49. The first-order valence-electron chi connectivity index (χ1n) is 5.13. The molecule has 1 aromatic rings. The number of benzene rings is 1. The fourth-order valence-corrected chi connectivity index (χ4v) is 2.69. The van der Waals surface area contributed by atoms with Crippen molar-refractivity contribution in [3.8, 4) is 5.75 Å². The standard InChI is InChI=1S/C11H12Br3NO2S/c12-6-8(14)5-10(18)15-11(16)17-9-3-1-7(13)2-4-9/h1-4,8,10,18H,5-6H2,(H,15,16). The van der Waals surface area contributed by atoms with Crippen molar-refractivity contribution in [1.82, 2.24) is 5.32 Å². The van der Waals surface area contributed by atoms with Crippen LogP contribution in [0.25, 0.3) is 0 Å². The number of alkyl halides is 2. The highest BCUT2D eigenvalue weighted by atomic mass is 79.9. The Hall–Kier alpha value is 0.280. The van der Waals surface area contributed by atoms with Crippen LogP contribution in [-0.4, -0.2) is 21.6 Å². The van der Waals surface area contributed by atoms with Gasteiger partial charge < -0.3 is 10.1 Å². The lowest BCUT2D eigenvalue weighted by molar-refractivity contribution is 0.199. The van der Waals surface area contributed by atoms with Gasteiger partial charge in [0.1, 0.15) is 5.75 Å². The van der Waals surface area contributed by atoms with Crippen molar-refractivity contribution >= 4 is 66.5 Å². The number of rotatable bonds is 5.